The predicted octanol–water partition coefficient (Wildman–Crippen LogP) is 0.587. The van der Waals surface area contributed by atoms with Gasteiger partial charge in [0, 0.05) is 25.4 Å². The van der Waals surface area contributed by atoms with E-state index in [4.69, 9.17) is 19.9 Å². The third-order valence-corrected chi connectivity index (χ3v) is 2.44. The zero-order valence-corrected chi connectivity index (χ0v) is 12.2. The summed E-state index contributed by atoms with van der Waals surface area (Å²) in [5.74, 6) is -0.548. The van der Waals surface area contributed by atoms with Crippen molar-refractivity contribution in [2.45, 2.75) is 6.92 Å². The molecule has 0 aromatic heterocycles. The van der Waals surface area contributed by atoms with Gasteiger partial charge in [-0.25, -0.2) is 4.79 Å². The molecule has 0 heterocycles. The van der Waals surface area contributed by atoms with Crippen LogP contribution in [-0.4, -0.2) is 45.4 Å². The summed E-state index contributed by atoms with van der Waals surface area (Å²) in [7, 11) is 1.53. The topological polar surface area (TPSA) is 99.9 Å². The molecule has 0 bridgehead atoms. The van der Waals surface area contributed by atoms with Gasteiger partial charge < -0.3 is 25.3 Å². The van der Waals surface area contributed by atoms with Gasteiger partial charge in [-0.05, 0) is 19.1 Å². The van der Waals surface area contributed by atoms with Gasteiger partial charge in [0.2, 0.25) is 0 Å². The number of nitrogen functional groups attached to an aromatic ring is 1. The van der Waals surface area contributed by atoms with E-state index in [0.29, 0.717) is 31.2 Å². The summed E-state index contributed by atoms with van der Waals surface area (Å²) in [5, 5.41) is 2.54. The van der Waals surface area contributed by atoms with Crippen LogP contribution < -0.4 is 15.8 Å². The molecule has 0 unspecified atom stereocenters. The molecule has 0 aliphatic rings. The number of anilines is 1. The summed E-state index contributed by atoms with van der Waals surface area (Å²) in [4.78, 5) is 23.2. The van der Waals surface area contributed by atoms with Crippen molar-refractivity contribution in [2.24, 2.45) is 0 Å². The number of benzene rings is 1. The van der Waals surface area contributed by atoms with Crippen molar-refractivity contribution in [3.63, 3.8) is 0 Å². The molecule has 0 aliphatic heterocycles. The Balaban J connectivity index is 2.53. The van der Waals surface area contributed by atoms with E-state index in [1.54, 1.807) is 6.07 Å². The monoisotopic (exact) mass is 296 g/mol. The molecule has 1 rings (SSSR count). The van der Waals surface area contributed by atoms with Crippen molar-refractivity contribution >= 4 is 17.6 Å². The maximum Gasteiger partial charge on any atom is 0.338 e. The van der Waals surface area contributed by atoms with Crippen LogP contribution in [0.2, 0.25) is 0 Å². The predicted molar refractivity (Wildman–Crippen MR) is 77.2 cm³/mol. The first-order chi connectivity index (χ1) is 10.1. The summed E-state index contributed by atoms with van der Waals surface area (Å²) in [6, 6.07) is 4.59. The van der Waals surface area contributed by atoms with E-state index in [0.717, 1.165) is 0 Å². The highest BCUT2D eigenvalue weighted by Crippen LogP contribution is 2.19. The largest absolute Gasteiger partial charge is 0.494 e. The number of carbonyl (C=O) groups excluding carboxylic acids is 2. The number of carbonyl (C=O) groups is 2. The molecule has 0 radical (unpaired) electrons. The summed E-state index contributed by atoms with van der Waals surface area (Å²) in [5.41, 5.74) is 6.31. The molecular weight excluding hydrogens is 276 g/mol. The van der Waals surface area contributed by atoms with Gasteiger partial charge in [0.25, 0.3) is 5.91 Å². The molecule has 1 aromatic rings. The molecule has 0 atom stereocenters. The Morgan fingerprint density at radius 1 is 1.29 bits per heavy atom. The van der Waals surface area contributed by atoms with Gasteiger partial charge in [0.15, 0.2) is 6.61 Å². The third-order valence-electron chi connectivity index (χ3n) is 2.44. The van der Waals surface area contributed by atoms with E-state index in [2.05, 4.69) is 5.32 Å². The number of methoxy groups -OCH3 is 1. The van der Waals surface area contributed by atoms with Crippen LogP contribution in [0.1, 0.15) is 17.3 Å². The van der Waals surface area contributed by atoms with E-state index < -0.39 is 11.9 Å². The zero-order valence-electron chi connectivity index (χ0n) is 12.2. The molecule has 0 spiro atoms. The third kappa shape index (κ3) is 6.13. The Bertz CT molecular complexity index is 490. The first-order valence-corrected chi connectivity index (χ1v) is 6.53. The van der Waals surface area contributed by atoms with Crippen LogP contribution in [0.15, 0.2) is 18.2 Å². The minimum atomic E-state index is -0.634. The summed E-state index contributed by atoms with van der Waals surface area (Å²) in [6.45, 7) is 2.68. The molecule has 116 valence electrons. The van der Waals surface area contributed by atoms with Gasteiger partial charge in [-0.1, -0.05) is 0 Å². The average Bonchev–Trinajstić information content (AvgIpc) is 2.44. The molecule has 1 amide bonds. The molecule has 7 heteroatoms. The molecule has 3 N–H and O–H groups in total. The number of amides is 1. The molecule has 0 fully saturated rings. The SMILES string of the molecule is CCOc1cc(N)cc(C(=O)OCC(=O)NCCOC)c1. The molecule has 1 aromatic carbocycles. The van der Waals surface area contributed by atoms with Crippen molar-refractivity contribution in [1.82, 2.24) is 5.32 Å². The quantitative estimate of drug-likeness (QED) is 0.414. The second kappa shape index (κ2) is 8.80. The second-order valence-electron chi connectivity index (χ2n) is 4.14. The Morgan fingerprint density at radius 3 is 2.71 bits per heavy atom. The van der Waals surface area contributed by atoms with Gasteiger partial charge in [0.05, 0.1) is 18.8 Å². The van der Waals surface area contributed by atoms with E-state index in [-0.39, 0.29) is 12.2 Å². The number of rotatable bonds is 8. The minimum Gasteiger partial charge on any atom is -0.494 e. The number of ether oxygens (including phenoxy) is 3. The van der Waals surface area contributed by atoms with E-state index in [1.807, 2.05) is 6.92 Å². The van der Waals surface area contributed by atoms with E-state index in [9.17, 15) is 9.59 Å². The highest BCUT2D eigenvalue weighted by atomic mass is 16.5. The van der Waals surface area contributed by atoms with E-state index in [1.165, 1.54) is 19.2 Å². The van der Waals surface area contributed by atoms with Crippen molar-refractivity contribution in [2.75, 3.05) is 39.2 Å². The lowest BCUT2D eigenvalue weighted by atomic mass is 10.2. The lowest BCUT2D eigenvalue weighted by molar-refractivity contribution is -0.124. The Hall–Kier alpha value is -2.28. The maximum atomic E-state index is 11.8. The smallest absolute Gasteiger partial charge is 0.338 e. The number of hydrogen-bond acceptors (Lipinski definition) is 6. The standard InChI is InChI=1S/C14H20N2O5/c1-3-20-12-7-10(6-11(15)8-12)14(18)21-9-13(17)16-4-5-19-2/h6-8H,3-5,9,15H2,1-2H3,(H,16,17). The van der Waals surface area contributed by atoms with Crippen LogP contribution in [0.5, 0.6) is 5.75 Å². The molecule has 0 aliphatic carbocycles. The summed E-state index contributed by atoms with van der Waals surface area (Å²) in [6.07, 6.45) is 0. The molecular formula is C14H20N2O5. The van der Waals surface area contributed by atoms with Crippen LogP contribution >= 0.6 is 0 Å². The van der Waals surface area contributed by atoms with Crippen LogP contribution in [0.25, 0.3) is 0 Å². The lowest BCUT2D eigenvalue weighted by Gasteiger charge is -2.09. The second-order valence-corrected chi connectivity index (χ2v) is 4.14. The van der Waals surface area contributed by atoms with Crippen molar-refractivity contribution < 1.29 is 23.8 Å². The molecule has 21 heavy (non-hydrogen) atoms. The van der Waals surface area contributed by atoms with Gasteiger partial charge in [-0.15, -0.1) is 0 Å². The fourth-order valence-electron chi connectivity index (χ4n) is 1.55. The number of hydrogen-bond donors (Lipinski definition) is 2. The highest BCUT2D eigenvalue weighted by molar-refractivity contribution is 5.92. The zero-order chi connectivity index (χ0) is 15.7. The lowest BCUT2D eigenvalue weighted by Crippen LogP contribution is -2.31. The van der Waals surface area contributed by atoms with Crippen LogP contribution in [0, 0.1) is 0 Å². The van der Waals surface area contributed by atoms with Gasteiger partial charge in [-0.2, -0.15) is 0 Å². The number of esters is 1. The van der Waals surface area contributed by atoms with Crippen LogP contribution in [0.4, 0.5) is 5.69 Å². The van der Waals surface area contributed by atoms with Gasteiger partial charge in [-0.3, -0.25) is 4.79 Å². The molecule has 0 saturated carbocycles. The molecule has 0 saturated heterocycles. The van der Waals surface area contributed by atoms with Gasteiger partial charge in [0.1, 0.15) is 5.75 Å². The first-order valence-electron chi connectivity index (χ1n) is 6.53. The fourth-order valence-corrected chi connectivity index (χ4v) is 1.55. The van der Waals surface area contributed by atoms with Crippen LogP contribution in [0.3, 0.4) is 0 Å². The summed E-state index contributed by atoms with van der Waals surface area (Å²) < 4.78 is 15.0. The Kier molecular flexibility index (Phi) is 7.03. The minimum absolute atomic E-state index is 0.239. The number of nitrogens with two attached hydrogens (primary N) is 1. The van der Waals surface area contributed by atoms with Crippen molar-refractivity contribution in [3.05, 3.63) is 23.8 Å². The Labute approximate surface area is 123 Å². The first kappa shape index (κ1) is 16.8. The van der Waals surface area contributed by atoms with Gasteiger partial charge >= 0.3 is 5.97 Å². The Morgan fingerprint density at radius 2 is 2.05 bits per heavy atom. The van der Waals surface area contributed by atoms with Crippen molar-refractivity contribution in [3.8, 4) is 5.75 Å². The van der Waals surface area contributed by atoms with Crippen molar-refractivity contribution in [1.29, 1.82) is 0 Å². The number of nitrogens with one attached hydrogen (secondary N) is 1. The summed E-state index contributed by atoms with van der Waals surface area (Å²) >= 11 is 0. The highest BCUT2D eigenvalue weighted by Gasteiger charge is 2.12. The van der Waals surface area contributed by atoms with E-state index >= 15 is 0 Å². The molecule has 7 nitrogen and oxygen atoms in total. The maximum absolute atomic E-state index is 11.8. The van der Waals surface area contributed by atoms with Crippen LogP contribution in [-0.2, 0) is 14.3 Å². The fraction of sp³-hybridized carbons (Fsp3) is 0.429. The average molecular weight is 296 g/mol. The normalized spacial score (nSPS) is 10.0.